The number of carbonyl (C=O) groups is 1. The first kappa shape index (κ1) is 19.4. The van der Waals surface area contributed by atoms with Crippen LogP contribution in [0.25, 0.3) is 0 Å². The van der Waals surface area contributed by atoms with Crippen LogP contribution in [-0.4, -0.2) is 37.5 Å². The molecule has 0 aliphatic carbocycles. The monoisotopic (exact) mass is 314 g/mol. The van der Waals surface area contributed by atoms with Crippen molar-refractivity contribution in [3.05, 3.63) is 0 Å². The van der Waals surface area contributed by atoms with Crippen molar-refractivity contribution in [2.45, 2.75) is 71.1 Å². The molecule has 1 heterocycles. The fourth-order valence-electron chi connectivity index (χ4n) is 3.05. The number of hydrogen-bond donors (Lipinski definition) is 1. The highest BCUT2D eigenvalue weighted by molar-refractivity contribution is 5.66. The first-order valence-electron chi connectivity index (χ1n) is 9.11. The molecule has 1 saturated heterocycles. The Morgan fingerprint density at radius 1 is 1.05 bits per heavy atom. The van der Waals surface area contributed by atoms with Gasteiger partial charge in [-0.15, -0.1) is 0 Å². The van der Waals surface area contributed by atoms with E-state index in [1.54, 1.807) is 0 Å². The van der Waals surface area contributed by atoms with E-state index in [1.165, 1.54) is 38.5 Å². The van der Waals surface area contributed by atoms with Crippen LogP contribution in [0.4, 0.5) is 0 Å². The van der Waals surface area contributed by atoms with Gasteiger partial charge in [-0.1, -0.05) is 45.4 Å². The van der Waals surface area contributed by atoms with Crippen molar-refractivity contribution >= 4 is 5.97 Å². The fraction of sp³-hybridized carbons (Fsp3) is 0.944. The predicted octanol–water partition coefficient (Wildman–Crippen LogP) is 4.27. The SMILES string of the molecule is CCCCCCOC[C@@H]1COC[C@@H]1CCCCCCC(=O)O. The van der Waals surface area contributed by atoms with Crippen LogP contribution in [0.2, 0.25) is 0 Å². The molecular formula is C18H34O4. The molecule has 0 aromatic rings. The van der Waals surface area contributed by atoms with E-state index in [0.29, 0.717) is 18.3 Å². The van der Waals surface area contributed by atoms with Crippen molar-refractivity contribution < 1.29 is 19.4 Å². The average Bonchev–Trinajstić information content (AvgIpc) is 2.93. The standard InChI is InChI=1S/C18H34O4/c1-2-3-4-9-12-21-14-17-15-22-13-16(17)10-7-5-6-8-11-18(19)20/h16-17H,2-15H2,1H3,(H,19,20)/t16-,17+/m0/s1. The molecule has 4 nitrogen and oxygen atoms in total. The van der Waals surface area contributed by atoms with Crippen molar-refractivity contribution in [1.82, 2.24) is 0 Å². The molecule has 1 rings (SSSR count). The predicted molar refractivity (Wildman–Crippen MR) is 88.1 cm³/mol. The lowest BCUT2D eigenvalue weighted by Gasteiger charge is -2.17. The number of carboxylic acid groups (broad SMARTS) is 1. The summed E-state index contributed by atoms with van der Waals surface area (Å²) in [6, 6.07) is 0. The summed E-state index contributed by atoms with van der Waals surface area (Å²) in [4.78, 5) is 10.4. The zero-order valence-corrected chi connectivity index (χ0v) is 14.2. The van der Waals surface area contributed by atoms with Gasteiger partial charge in [-0.2, -0.15) is 0 Å². The van der Waals surface area contributed by atoms with E-state index in [-0.39, 0.29) is 0 Å². The Balaban J connectivity index is 1.99. The summed E-state index contributed by atoms with van der Waals surface area (Å²) < 4.78 is 11.4. The van der Waals surface area contributed by atoms with Crippen molar-refractivity contribution in [3.63, 3.8) is 0 Å². The molecule has 0 unspecified atom stereocenters. The van der Waals surface area contributed by atoms with Gasteiger partial charge in [-0.25, -0.2) is 0 Å². The summed E-state index contributed by atoms with van der Waals surface area (Å²) in [5.41, 5.74) is 0. The highest BCUT2D eigenvalue weighted by Crippen LogP contribution is 2.26. The molecule has 0 radical (unpaired) electrons. The zero-order chi connectivity index (χ0) is 16.0. The minimum Gasteiger partial charge on any atom is -0.481 e. The van der Waals surface area contributed by atoms with Crippen LogP contribution < -0.4 is 0 Å². The van der Waals surface area contributed by atoms with Gasteiger partial charge in [-0.05, 0) is 25.2 Å². The highest BCUT2D eigenvalue weighted by Gasteiger charge is 2.27. The first-order valence-corrected chi connectivity index (χ1v) is 9.11. The third kappa shape index (κ3) is 9.42. The van der Waals surface area contributed by atoms with E-state index in [2.05, 4.69) is 6.92 Å². The van der Waals surface area contributed by atoms with Crippen molar-refractivity contribution in [3.8, 4) is 0 Å². The molecule has 4 heteroatoms. The fourth-order valence-corrected chi connectivity index (χ4v) is 3.05. The number of hydrogen-bond acceptors (Lipinski definition) is 3. The third-order valence-electron chi connectivity index (χ3n) is 4.52. The summed E-state index contributed by atoms with van der Waals surface area (Å²) in [6.45, 7) is 5.68. The third-order valence-corrected chi connectivity index (χ3v) is 4.52. The van der Waals surface area contributed by atoms with Gasteiger partial charge in [0, 0.05) is 25.6 Å². The summed E-state index contributed by atoms with van der Waals surface area (Å²) in [6.07, 6.45) is 10.7. The molecule has 1 N–H and O–H groups in total. The molecule has 0 bridgehead atoms. The molecular weight excluding hydrogens is 280 g/mol. The number of carboxylic acids is 1. The van der Waals surface area contributed by atoms with E-state index in [1.807, 2.05) is 0 Å². The van der Waals surface area contributed by atoms with Crippen LogP contribution in [0.5, 0.6) is 0 Å². The van der Waals surface area contributed by atoms with Gasteiger partial charge in [0.1, 0.15) is 0 Å². The lowest BCUT2D eigenvalue weighted by molar-refractivity contribution is -0.137. The normalized spacial score (nSPS) is 21.3. The van der Waals surface area contributed by atoms with Crippen LogP contribution in [0.1, 0.15) is 71.1 Å². The van der Waals surface area contributed by atoms with Crippen LogP contribution >= 0.6 is 0 Å². The minimum absolute atomic E-state index is 0.307. The second-order valence-electron chi connectivity index (χ2n) is 6.54. The van der Waals surface area contributed by atoms with Crippen molar-refractivity contribution in [1.29, 1.82) is 0 Å². The molecule has 2 atom stereocenters. The van der Waals surface area contributed by atoms with Crippen molar-refractivity contribution in [2.24, 2.45) is 11.8 Å². The van der Waals surface area contributed by atoms with Gasteiger partial charge >= 0.3 is 5.97 Å². The molecule has 1 aliphatic heterocycles. The molecule has 0 aromatic heterocycles. The molecule has 22 heavy (non-hydrogen) atoms. The number of ether oxygens (including phenoxy) is 2. The Labute approximate surface area is 135 Å². The molecule has 0 saturated carbocycles. The van der Waals surface area contributed by atoms with Crippen LogP contribution in [0.3, 0.4) is 0 Å². The number of aliphatic carboxylic acids is 1. The van der Waals surface area contributed by atoms with Gasteiger partial charge in [0.2, 0.25) is 0 Å². The lowest BCUT2D eigenvalue weighted by Crippen LogP contribution is -2.19. The lowest BCUT2D eigenvalue weighted by atomic mass is 9.91. The van der Waals surface area contributed by atoms with Crippen LogP contribution in [0.15, 0.2) is 0 Å². The van der Waals surface area contributed by atoms with Crippen LogP contribution in [0, 0.1) is 11.8 Å². The molecule has 0 aromatic carbocycles. The second-order valence-corrected chi connectivity index (χ2v) is 6.54. The number of rotatable bonds is 14. The molecule has 0 spiro atoms. The first-order chi connectivity index (χ1) is 10.7. The quantitative estimate of drug-likeness (QED) is 0.486. The van der Waals surface area contributed by atoms with Gasteiger partial charge in [0.15, 0.2) is 0 Å². The maximum absolute atomic E-state index is 10.4. The van der Waals surface area contributed by atoms with Gasteiger partial charge in [0.05, 0.1) is 13.2 Å². The molecule has 130 valence electrons. The van der Waals surface area contributed by atoms with E-state index in [0.717, 1.165) is 45.7 Å². The van der Waals surface area contributed by atoms with E-state index in [9.17, 15) is 4.79 Å². The Morgan fingerprint density at radius 3 is 2.55 bits per heavy atom. The molecule has 0 amide bonds. The average molecular weight is 314 g/mol. The van der Waals surface area contributed by atoms with Crippen molar-refractivity contribution in [2.75, 3.05) is 26.4 Å². The van der Waals surface area contributed by atoms with Gasteiger partial charge in [0.25, 0.3) is 0 Å². The topological polar surface area (TPSA) is 55.8 Å². The van der Waals surface area contributed by atoms with E-state index < -0.39 is 5.97 Å². The van der Waals surface area contributed by atoms with E-state index >= 15 is 0 Å². The molecule has 1 fully saturated rings. The Hall–Kier alpha value is -0.610. The summed E-state index contributed by atoms with van der Waals surface area (Å²) >= 11 is 0. The number of unbranched alkanes of at least 4 members (excludes halogenated alkanes) is 6. The Kier molecular flexibility index (Phi) is 11.4. The summed E-state index contributed by atoms with van der Waals surface area (Å²) in [5.74, 6) is 0.514. The second kappa shape index (κ2) is 12.9. The maximum Gasteiger partial charge on any atom is 0.303 e. The van der Waals surface area contributed by atoms with Gasteiger partial charge in [-0.3, -0.25) is 4.79 Å². The minimum atomic E-state index is -0.680. The zero-order valence-electron chi connectivity index (χ0n) is 14.2. The highest BCUT2D eigenvalue weighted by atomic mass is 16.5. The summed E-state index contributed by atoms with van der Waals surface area (Å²) in [5, 5.41) is 8.60. The smallest absolute Gasteiger partial charge is 0.303 e. The van der Waals surface area contributed by atoms with E-state index in [4.69, 9.17) is 14.6 Å². The Morgan fingerprint density at radius 2 is 1.77 bits per heavy atom. The van der Waals surface area contributed by atoms with Crippen LogP contribution in [-0.2, 0) is 14.3 Å². The maximum atomic E-state index is 10.4. The summed E-state index contributed by atoms with van der Waals surface area (Å²) in [7, 11) is 0. The molecule has 1 aliphatic rings. The van der Waals surface area contributed by atoms with Gasteiger partial charge < -0.3 is 14.6 Å². The Bertz CT molecular complexity index is 280. The largest absolute Gasteiger partial charge is 0.481 e.